The summed E-state index contributed by atoms with van der Waals surface area (Å²) in [6.07, 6.45) is 0.605. The Morgan fingerprint density at radius 1 is 1.25 bits per heavy atom. The van der Waals surface area contributed by atoms with Gasteiger partial charge in [-0.15, -0.1) is 0 Å². The van der Waals surface area contributed by atoms with Crippen LogP contribution in [0.1, 0.15) is 26.3 Å². The van der Waals surface area contributed by atoms with Crippen molar-refractivity contribution >= 4 is 5.97 Å². The number of benzene rings is 1. The molecule has 0 radical (unpaired) electrons. The first kappa shape index (κ1) is 16.3. The molecule has 112 valence electrons. The highest BCUT2D eigenvalue weighted by Crippen LogP contribution is 2.28. The highest BCUT2D eigenvalue weighted by atomic mass is 16.6. The Kier molecular flexibility index (Phi) is 6.31. The van der Waals surface area contributed by atoms with Crippen molar-refractivity contribution in [1.82, 2.24) is 0 Å². The smallest absolute Gasteiger partial charge is 0.344 e. The second-order valence-electron chi connectivity index (χ2n) is 4.99. The van der Waals surface area contributed by atoms with Crippen molar-refractivity contribution in [2.24, 2.45) is 5.73 Å². The maximum Gasteiger partial charge on any atom is 0.344 e. The summed E-state index contributed by atoms with van der Waals surface area (Å²) in [5.74, 6) is 0.698. The van der Waals surface area contributed by atoms with Crippen molar-refractivity contribution in [3.05, 3.63) is 23.8 Å². The molecule has 0 aliphatic carbocycles. The summed E-state index contributed by atoms with van der Waals surface area (Å²) in [5, 5.41) is 0. The van der Waals surface area contributed by atoms with Gasteiger partial charge in [-0.1, -0.05) is 6.07 Å². The van der Waals surface area contributed by atoms with E-state index in [-0.39, 0.29) is 18.8 Å². The second-order valence-corrected chi connectivity index (χ2v) is 4.99. The van der Waals surface area contributed by atoms with Crippen molar-refractivity contribution in [1.29, 1.82) is 0 Å². The number of hydrogen-bond donors (Lipinski definition) is 1. The van der Waals surface area contributed by atoms with E-state index < -0.39 is 5.97 Å². The molecule has 1 aromatic rings. The Morgan fingerprint density at radius 3 is 2.50 bits per heavy atom. The Balaban J connectivity index is 2.68. The molecule has 0 spiro atoms. The van der Waals surface area contributed by atoms with Gasteiger partial charge in [-0.25, -0.2) is 4.79 Å². The molecule has 0 bridgehead atoms. The molecule has 0 fully saturated rings. The maximum absolute atomic E-state index is 11.4. The molecule has 0 aliphatic rings. The normalized spacial score (nSPS) is 12.1. The van der Waals surface area contributed by atoms with Crippen LogP contribution in [0.4, 0.5) is 0 Å². The van der Waals surface area contributed by atoms with Gasteiger partial charge in [-0.05, 0) is 44.9 Å². The molecule has 0 amide bonds. The van der Waals surface area contributed by atoms with Gasteiger partial charge >= 0.3 is 5.97 Å². The predicted molar refractivity (Wildman–Crippen MR) is 77.1 cm³/mol. The number of nitrogens with two attached hydrogens (primary N) is 1. The molecule has 0 saturated heterocycles. The number of hydrogen-bond acceptors (Lipinski definition) is 5. The van der Waals surface area contributed by atoms with Crippen LogP contribution in [0.15, 0.2) is 18.2 Å². The van der Waals surface area contributed by atoms with Crippen molar-refractivity contribution in [3.8, 4) is 11.5 Å². The average molecular weight is 281 g/mol. The summed E-state index contributed by atoms with van der Waals surface area (Å²) >= 11 is 0. The van der Waals surface area contributed by atoms with E-state index in [1.165, 1.54) is 0 Å². The molecule has 0 heterocycles. The van der Waals surface area contributed by atoms with Gasteiger partial charge < -0.3 is 19.9 Å². The molecule has 0 aliphatic heterocycles. The zero-order chi connectivity index (χ0) is 15.1. The molecule has 5 nitrogen and oxygen atoms in total. The van der Waals surface area contributed by atoms with Crippen LogP contribution in [0.5, 0.6) is 11.5 Å². The van der Waals surface area contributed by atoms with Crippen molar-refractivity contribution in [3.63, 3.8) is 0 Å². The third kappa shape index (κ3) is 5.48. The van der Waals surface area contributed by atoms with E-state index in [2.05, 4.69) is 0 Å². The summed E-state index contributed by atoms with van der Waals surface area (Å²) in [5.41, 5.74) is 6.83. The monoisotopic (exact) mass is 281 g/mol. The topological polar surface area (TPSA) is 70.8 Å². The maximum atomic E-state index is 11.4. The number of carbonyl (C=O) groups is 1. The lowest BCUT2D eigenvalue weighted by Crippen LogP contribution is -2.19. The Bertz CT molecular complexity index is 443. The summed E-state index contributed by atoms with van der Waals surface area (Å²) < 4.78 is 15.7. The lowest BCUT2D eigenvalue weighted by atomic mass is 10.1. The van der Waals surface area contributed by atoms with Crippen LogP contribution in [-0.2, 0) is 16.0 Å². The standard InChI is InChI=1S/C15H23NO4/c1-10(2)20-15(17)9-19-13-6-5-12(7-11(3)16)8-14(13)18-4/h5-6,8,10-11H,7,9,16H2,1-4H3. The van der Waals surface area contributed by atoms with Gasteiger partial charge in [0, 0.05) is 6.04 Å². The van der Waals surface area contributed by atoms with Crippen LogP contribution >= 0.6 is 0 Å². The second kappa shape index (κ2) is 7.75. The van der Waals surface area contributed by atoms with E-state index in [1.807, 2.05) is 19.1 Å². The molecule has 20 heavy (non-hydrogen) atoms. The van der Waals surface area contributed by atoms with Crippen LogP contribution in [0, 0.1) is 0 Å². The van der Waals surface area contributed by atoms with E-state index in [0.29, 0.717) is 11.5 Å². The van der Waals surface area contributed by atoms with Crippen molar-refractivity contribution in [2.75, 3.05) is 13.7 Å². The van der Waals surface area contributed by atoms with Crippen molar-refractivity contribution < 1.29 is 19.0 Å². The molecule has 2 N–H and O–H groups in total. The first-order valence-corrected chi connectivity index (χ1v) is 6.67. The fourth-order valence-electron chi connectivity index (χ4n) is 1.76. The lowest BCUT2D eigenvalue weighted by molar-refractivity contribution is -0.149. The van der Waals surface area contributed by atoms with Crippen LogP contribution in [-0.4, -0.2) is 31.8 Å². The number of esters is 1. The Labute approximate surface area is 120 Å². The van der Waals surface area contributed by atoms with Gasteiger partial charge in [-0.3, -0.25) is 0 Å². The van der Waals surface area contributed by atoms with E-state index in [0.717, 1.165) is 12.0 Å². The molecular formula is C15H23NO4. The van der Waals surface area contributed by atoms with E-state index in [9.17, 15) is 4.79 Å². The minimum absolute atomic E-state index is 0.0764. The molecule has 5 heteroatoms. The SMILES string of the molecule is COc1cc(CC(C)N)ccc1OCC(=O)OC(C)C. The zero-order valence-corrected chi connectivity index (χ0v) is 12.5. The summed E-state index contributed by atoms with van der Waals surface area (Å²) in [6.45, 7) is 5.39. The van der Waals surface area contributed by atoms with Crippen LogP contribution in [0.3, 0.4) is 0 Å². The average Bonchev–Trinajstić information content (AvgIpc) is 2.35. The molecule has 1 aromatic carbocycles. The summed E-state index contributed by atoms with van der Waals surface area (Å²) in [7, 11) is 1.56. The minimum Gasteiger partial charge on any atom is -0.493 e. The fraction of sp³-hybridized carbons (Fsp3) is 0.533. The molecule has 1 atom stereocenters. The van der Waals surface area contributed by atoms with Gasteiger partial charge in [0.1, 0.15) is 0 Å². The lowest BCUT2D eigenvalue weighted by Gasteiger charge is -2.13. The number of rotatable bonds is 7. The molecule has 1 unspecified atom stereocenters. The van der Waals surface area contributed by atoms with Crippen LogP contribution in [0.2, 0.25) is 0 Å². The van der Waals surface area contributed by atoms with Crippen LogP contribution in [0.25, 0.3) is 0 Å². The summed E-state index contributed by atoms with van der Waals surface area (Å²) in [6, 6.07) is 5.63. The predicted octanol–water partition coefficient (Wildman–Crippen LogP) is 1.92. The third-order valence-electron chi connectivity index (χ3n) is 2.50. The number of carbonyl (C=O) groups excluding carboxylic acids is 1. The van der Waals surface area contributed by atoms with Gasteiger partial charge in [0.25, 0.3) is 0 Å². The fourth-order valence-corrected chi connectivity index (χ4v) is 1.76. The minimum atomic E-state index is -0.401. The van der Waals surface area contributed by atoms with Gasteiger partial charge in [0.05, 0.1) is 13.2 Å². The van der Waals surface area contributed by atoms with E-state index in [4.69, 9.17) is 19.9 Å². The van der Waals surface area contributed by atoms with E-state index >= 15 is 0 Å². The summed E-state index contributed by atoms with van der Waals surface area (Å²) in [4.78, 5) is 11.4. The first-order valence-electron chi connectivity index (χ1n) is 6.67. The number of methoxy groups -OCH3 is 1. The van der Waals surface area contributed by atoms with Crippen LogP contribution < -0.4 is 15.2 Å². The quantitative estimate of drug-likeness (QED) is 0.773. The van der Waals surface area contributed by atoms with Gasteiger partial charge in [0.15, 0.2) is 18.1 Å². The Morgan fingerprint density at radius 2 is 1.95 bits per heavy atom. The number of ether oxygens (including phenoxy) is 3. The largest absolute Gasteiger partial charge is 0.493 e. The molecular weight excluding hydrogens is 258 g/mol. The molecule has 0 aromatic heterocycles. The molecule has 0 saturated carbocycles. The highest BCUT2D eigenvalue weighted by Gasteiger charge is 2.11. The zero-order valence-electron chi connectivity index (χ0n) is 12.5. The van der Waals surface area contributed by atoms with E-state index in [1.54, 1.807) is 27.0 Å². The first-order chi connectivity index (χ1) is 9.42. The van der Waals surface area contributed by atoms with Crippen molar-refractivity contribution in [2.45, 2.75) is 39.3 Å². The Hall–Kier alpha value is -1.75. The van der Waals surface area contributed by atoms with Gasteiger partial charge in [-0.2, -0.15) is 0 Å². The molecule has 1 rings (SSSR count). The van der Waals surface area contributed by atoms with Gasteiger partial charge in [0.2, 0.25) is 0 Å². The highest BCUT2D eigenvalue weighted by molar-refractivity contribution is 5.71. The third-order valence-corrected chi connectivity index (χ3v) is 2.50.